The first-order chi connectivity index (χ1) is 10.9. The van der Waals surface area contributed by atoms with Gasteiger partial charge in [-0.05, 0) is 38.0 Å². The van der Waals surface area contributed by atoms with Crippen LogP contribution in [-0.4, -0.2) is 41.8 Å². The summed E-state index contributed by atoms with van der Waals surface area (Å²) in [4.78, 5) is 23.5. The van der Waals surface area contributed by atoms with Crippen LogP contribution in [0.15, 0.2) is 24.3 Å². The SMILES string of the molecule is CC(C)NC(=O)Nc1ccc(CNC(=O)C2CC(O)CN2)cc1.Cl. The lowest BCUT2D eigenvalue weighted by Crippen LogP contribution is -2.40. The Morgan fingerprint density at radius 1 is 1.29 bits per heavy atom. The van der Waals surface area contributed by atoms with Crippen LogP contribution in [0.4, 0.5) is 10.5 Å². The molecule has 2 atom stereocenters. The summed E-state index contributed by atoms with van der Waals surface area (Å²) in [6.07, 6.45) is -0.00674. The molecule has 2 rings (SSSR count). The van der Waals surface area contributed by atoms with Gasteiger partial charge in [0.25, 0.3) is 0 Å². The standard InChI is InChI=1S/C16H24N4O3.ClH/c1-10(2)19-16(23)20-12-5-3-11(4-6-12)8-18-15(22)14-7-13(21)9-17-14;/h3-6,10,13-14,17,21H,7-9H2,1-2H3,(H,18,22)(H2,19,20,23);1H. The minimum absolute atomic E-state index is 0. The first-order valence-corrected chi connectivity index (χ1v) is 7.79. The number of urea groups is 1. The van der Waals surface area contributed by atoms with Crippen molar-refractivity contribution in [2.45, 2.75) is 45.0 Å². The summed E-state index contributed by atoms with van der Waals surface area (Å²) < 4.78 is 0. The van der Waals surface area contributed by atoms with E-state index in [1.165, 1.54) is 0 Å². The molecule has 1 aromatic carbocycles. The number of hydrogen-bond acceptors (Lipinski definition) is 4. The second-order valence-electron chi connectivity index (χ2n) is 6.02. The van der Waals surface area contributed by atoms with E-state index in [0.29, 0.717) is 25.2 Å². The maximum absolute atomic E-state index is 11.9. The number of nitrogens with one attached hydrogen (secondary N) is 4. The fourth-order valence-electron chi connectivity index (χ4n) is 2.36. The van der Waals surface area contributed by atoms with E-state index in [4.69, 9.17) is 0 Å². The summed E-state index contributed by atoms with van der Waals surface area (Å²) in [6, 6.07) is 6.78. The van der Waals surface area contributed by atoms with E-state index in [1.54, 1.807) is 12.1 Å². The minimum Gasteiger partial charge on any atom is -0.392 e. The topological polar surface area (TPSA) is 102 Å². The van der Waals surface area contributed by atoms with Crippen molar-refractivity contribution in [1.29, 1.82) is 0 Å². The Morgan fingerprint density at radius 2 is 1.96 bits per heavy atom. The van der Waals surface area contributed by atoms with E-state index < -0.39 is 6.10 Å². The van der Waals surface area contributed by atoms with Gasteiger partial charge in [0.2, 0.25) is 5.91 Å². The average molecular weight is 357 g/mol. The van der Waals surface area contributed by atoms with Crippen molar-refractivity contribution < 1.29 is 14.7 Å². The van der Waals surface area contributed by atoms with Gasteiger partial charge in [0.15, 0.2) is 0 Å². The predicted molar refractivity (Wildman–Crippen MR) is 95.2 cm³/mol. The van der Waals surface area contributed by atoms with Crippen molar-refractivity contribution >= 4 is 30.0 Å². The smallest absolute Gasteiger partial charge is 0.319 e. The molecule has 8 heteroatoms. The molecule has 1 fully saturated rings. The summed E-state index contributed by atoms with van der Waals surface area (Å²) in [6.45, 7) is 4.65. The van der Waals surface area contributed by atoms with Crippen LogP contribution < -0.4 is 21.3 Å². The largest absolute Gasteiger partial charge is 0.392 e. The molecule has 1 aliphatic rings. The van der Waals surface area contributed by atoms with Gasteiger partial charge in [0, 0.05) is 24.8 Å². The molecule has 134 valence electrons. The van der Waals surface area contributed by atoms with Crippen molar-refractivity contribution in [3.63, 3.8) is 0 Å². The molecule has 0 aliphatic carbocycles. The second-order valence-corrected chi connectivity index (χ2v) is 6.02. The Bertz CT molecular complexity index is 551. The molecule has 2 unspecified atom stereocenters. The molecule has 1 saturated heterocycles. The maximum atomic E-state index is 11.9. The molecule has 7 nitrogen and oxygen atoms in total. The first-order valence-electron chi connectivity index (χ1n) is 7.79. The van der Waals surface area contributed by atoms with Crippen molar-refractivity contribution in [2.24, 2.45) is 0 Å². The molecule has 0 spiro atoms. The van der Waals surface area contributed by atoms with Crippen LogP contribution in [0.3, 0.4) is 0 Å². The summed E-state index contributed by atoms with van der Waals surface area (Å²) in [7, 11) is 0. The third-order valence-electron chi connectivity index (χ3n) is 3.52. The number of hydrogen-bond donors (Lipinski definition) is 5. The van der Waals surface area contributed by atoms with Gasteiger partial charge in [-0.3, -0.25) is 4.79 Å². The molecule has 3 amide bonds. The van der Waals surface area contributed by atoms with Crippen molar-refractivity contribution in [2.75, 3.05) is 11.9 Å². The Morgan fingerprint density at radius 3 is 2.50 bits per heavy atom. The highest BCUT2D eigenvalue weighted by molar-refractivity contribution is 5.89. The highest BCUT2D eigenvalue weighted by atomic mass is 35.5. The third kappa shape index (κ3) is 6.35. The van der Waals surface area contributed by atoms with E-state index in [2.05, 4.69) is 21.3 Å². The molecule has 5 N–H and O–H groups in total. The number of aliphatic hydroxyl groups is 1. The summed E-state index contributed by atoms with van der Waals surface area (Å²) >= 11 is 0. The zero-order chi connectivity index (χ0) is 16.8. The lowest BCUT2D eigenvalue weighted by atomic mass is 10.1. The molecule has 0 saturated carbocycles. The summed E-state index contributed by atoms with van der Waals surface area (Å²) in [5.74, 6) is -0.111. The highest BCUT2D eigenvalue weighted by Crippen LogP contribution is 2.10. The van der Waals surface area contributed by atoms with Crippen LogP contribution in [0.1, 0.15) is 25.8 Å². The van der Waals surface area contributed by atoms with Gasteiger partial charge < -0.3 is 26.4 Å². The monoisotopic (exact) mass is 356 g/mol. The van der Waals surface area contributed by atoms with Gasteiger partial charge in [-0.15, -0.1) is 12.4 Å². The lowest BCUT2D eigenvalue weighted by molar-refractivity contribution is -0.123. The zero-order valence-electron chi connectivity index (χ0n) is 13.8. The number of aliphatic hydroxyl groups excluding tert-OH is 1. The van der Waals surface area contributed by atoms with Gasteiger partial charge in [-0.1, -0.05) is 12.1 Å². The Balaban J connectivity index is 0.00000288. The predicted octanol–water partition coefficient (Wildman–Crippen LogP) is 0.977. The van der Waals surface area contributed by atoms with E-state index >= 15 is 0 Å². The van der Waals surface area contributed by atoms with Gasteiger partial charge in [-0.25, -0.2) is 4.79 Å². The number of amides is 3. The van der Waals surface area contributed by atoms with Crippen molar-refractivity contribution in [1.82, 2.24) is 16.0 Å². The summed E-state index contributed by atoms with van der Waals surface area (Å²) in [5, 5.41) is 20.7. The number of β-amino-alcohol motifs (C(OH)–C–C–N with tert-alkyl or cyclic N) is 1. The summed E-state index contributed by atoms with van der Waals surface area (Å²) in [5.41, 5.74) is 1.63. The minimum atomic E-state index is -0.451. The van der Waals surface area contributed by atoms with Gasteiger partial charge in [0.1, 0.15) is 0 Å². The number of rotatable bonds is 5. The zero-order valence-corrected chi connectivity index (χ0v) is 14.7. The molecular formula is C16H25ClN4O3. The average Bonchev–Trinajstić information content (AvgIpc) is 2.92. The first kappa shape index (κ1) is 20.2. The van der Waals surface area contributed by atoms with Crippen molar-refractivity contribution in [3.8, 4) is 0 Å². The number of halogens is 1. The van der Waals surface area contributed by atoms with Crippen LogP contribution in [0, 0.1) is 0 Å². The number of carbonyl (C=O) groups excluding carboxylic acids is 2. The highest BCUT2D eigenvalue weighted by Gasteiger charge is 2.27. The third-order valence-corrected chi connectivity index (χ3v) is 3.52. The fourth-order valence-corrected chi connectivity index (χ4v) is 2.36. The van der Waals surface area contributed by atoms with Crippen LogP contribution >= 0.6 is 12.4 Å². The Kier molecular flexibility index (Phi) is 7.97. The fraction of sp³-hybridized carbons (Fsp3) is 0.500. The Hall–Kier alpha value is -1.83. The van der Waals surface area contributed by atoms with Crippen LogP contribution in [0.25, 0.3) is 0 Å². The quantitative estimate of drug-likeness (QED) is 0.542. The molecule has 1 heterocycles. The molecule has 0 bridgehead atoms. The van der Waals surface area contributed by atoms with E-state index in [1.807, 2.05) is 26.0 Å². The van der Waals surface area contributed by atoms with Gasteiger partial charge >= 0.3 is 6.03 Å². The van der Waals surface area contributed by atoms with Crippen LogP contribution in [0.2, 0.25) is 0 Å². The Labute approximate surface area is 148 Å². The number of anilines is 1. The maximum Gasteiger partial charge on any atom is 0.319 e. The lowest BCUT2D eigenvalue weighted by Gasteiger charge is -2.12. The molecule has 24 heavy (non-hydrogen) atoms. The second kappa shape index (κ2) is 9.46. The molecule has 0 aromatic heterocycles. The van der Waals surface area contributed by atoms with Crippen LogP contribution in [0.5, 0.6) is 0 Å². The molecule has 1 aromatic rings. The van der Waals surface area contributed by atoms with E-state index in [-0.39, 0.29) is 36.4 Å². The number of benzene rings is 1. The van der Waals surface area contributed by atoms with E-state index in [0.717, 1.165) is 5.56 Å². The van der Waals surface area contributed by atoms with Crippen molar-refractivity contribution in [3.05, 3.63) is 29.8 Å². The van der Waals surface area contributed by atoms with Crippen LogP contribution in [-0.2, 0) is 11.3 Å². The molecular weight excluding hydrogens is 332 g/mol. The molecule has 0 radical (unpaired) electrons. The van der Waals surface area contributed by atoms with Gasteiger partial charge in [0.05, 0.1) is 12.1 Å². The van der Waals surface area contributed by atoms with Gasteiger partial charge in [-0.2, -0.15) is 0 Å². The normalized spacial score (nSPS) is 19.5. The molecule has 1 aliphatic heterocycles. The van der Waals surface area contributed by atoms with E-state index in [9.17, 15) is 14.7 Å². The number of carbonyl (C=O) groups is 2.